The Morgan fingerprint density at radius 2 is 2.04 bits per heavy atom. The molecule has 1 saturated heterocycles. The summed E-state index contributed by atoms with van der Waals surface area (Å²) in [5, 5.41) is 3.06. The molecular weight excluding hydrogens is 328 g/mol. The summed E-state index contributed by atoms with van der Waals surface area (Å²) in [6.07, 6.45) is 0. The number of carbonyl (C=O) groups excluding carboxylic acids is 1. The van der Waals surface area contributed by atoms with Gasteiger partial charge < -0.3 is 15.0 Å². The first-order valence-electron chi connectivity index (χ1n) is 8.85. The zero-order chi connectivity index (χ0) is 18.4. The van der Waals surface area contributed by atoms with Crippen LogP contribution in [0.3, 0.4) is 0 Å². The lowest BCUT2D eigenvalue weighted by atomic mass is 9.94. The maximum absolute atomic E-state index is 12.7. The molecule has 0 radical (unpaired) electrons. The molecule has 0 bridgehead atoms. The lowest BCUT2D eigenvalue weighted by molar-refractivity contribution is -0.124. The van der Waals surface area contributed by atoms with Crippen molar-refractivity contribution in [1.82, 2.24) is 16.2 Å². The highest BCUT2D eigenvalue weighted by Gasteiger charge is 2.33. The summed E-state index contributed by atoms with van der Waals surface area (Å²) in [5.74, 6) is 0.681. The minimum atomic E-state index is -0.163. The first kappa shape index (κ1) is 18.2. The Kier molecular flexibility index (Phi) is 6.09. The Bertz CT molecular complexity index is 723. The number of methoxy groups -OCH3 is 1. The third kappa shape index (κ3) is 4.33. The number of hydrazine groups is 1. The third-order valence-electron chi connectivity index (χ3n) is 4.72. The van der Waals surface area contributed by atoms with Crippen molar-refractivity contribution in [3.8, 4) is 5.75 Å². The normalized spacial score (nSPS) is 19.2. The number of nitrogens with one attached hydrogen (secondary N) is 3. The number of carbonyl (C=O) groups is 1. The van der Waals surface area contributed by atoms with Crippen LogP contribution in [-0.2, 0) is 4.79 Å². The number of rotatable bonds is 7. The Morgan fingerprint density at radius 3 is 2.81 bits per heavy atom. The number of nitrogens with zero attached hydrogens (tertiary/aromatic N) is 1. The van der Waals surface area contributed by atoms with E-state index in [2.05, 4.69) is 33.2 Å². The fourth-order valence-corrected chi connectivity index (χ4v) is 3.18. The third-order valence-corrected chi connectivity index (χ3v) is 4.72. The summed E-state index contributed by atoms with van der Waals surface area (Å²) >= 11 is 0. The van der Waals surface area contributed by atoms with Gasteiger partial charge in [0, 0.05) is 32.4 Å². The van der Waals surface area contributed by atoms with E-state index in [-0.39, 0.29) is 17.9 Å². The van der Waals surface area contributed by atoms with E-state index in [1.54, 1.807) is 7.11 Å². The molecule has 138 valence electrons. The first-order chi connectivity index (χ1) is 12.7. The first-order valence-corrected chi connectivity index (χ1v) is 8.85. The fraction of sp³-hybridized carbons (Fsp3) is 0.350. The summed E-state index contributed by atoms with van der Waals surface area (Å²) in [5.41, 5.74) is 8.48. The lowest BCUT2D eigenvalue weighted by Gasteiger charge is -2.22. The van der Waals surface area contributed by atoms with Crippen LogP contribution in [0.1, 0.15) is 11.6 Å². The molecule has 26 heavy (non-hydrogen) atoms. The number of ether oxygens (including phenoxy) is 1. The smallest absolute Gasteiger partial charge is 0.226 e. The predicted octanol–water partition coefficient (Wildman–Crippen LogP) is 1.71. The Morgan fingerprint density at radius 1 is 1.23 bits per heavy atom. The van der Waals surface area contributed by atoms with E-state index >= 15 is 0 Å². The lowest BCUT2D eigenvalue weighted by Crippen LogP contribution is -2.39. The van der Waals surface area contributed by atoms with Gasteiger partial charge in [-0.2, -0.15) is 0 Å². The van der Waals surface area contributed by atoms with Gasteiger partial charge in [-0.1, -0.05) is 30.3 Å². The number of likely N-dealkylation sites (N-methyl/N-ethyl adjacent to an activating group) is 1. The molecule has 2 aromatic rings. The van der Waals surface area contributed by atoms with Crippen LogP contribution in [-0.4, -0.2) is 39.7 Å². The highest BCUT2D eigenvalue weighted by molar-refractivity contribution is 5.80. The van der Waals surface area contributed by atoms with Gasteiger partial charge in [-0.25, -0.2) is 5.43 Å². The van der Waals surface area contributed by atoms with Crippen LogP contribution in [0.2, 0.25) is 0 Å². The Labute approximate surface area is 154 Å². The molecule has 1 fully saturated rings. The quantitative estimate of drug-likeness (QED) is 0.706. The maximum atomic E-state index is 12.7. The highest BCUT2D eigenvalue weighted by Crippen LogP contribution is 2.27. The van der Waals surface area contributed by atoms with Crippen molar-refractivity contribution in [1.29, 1.82) is 0 Å². The van der Waals surface area contributed by atoms with E-state index in [1.165, 1.54) is 0 Å². The van der Waals surface area contributed by atoms with Crippen molar-refractivity contribution >= 4 is 11.6 Å². The second kappa shape index (κ2) is 8.69. The number of amides is 1. The molecule has 3 N–H and O–H groups in total. The van der Waals surface area contributed by atoms with Gasteiger partial charge in [0.1, 0.15) is 5.75 Å². The molecule has 0 spiro atoms. The molecule has 0 aromatic heterocycles. The van der Waals surface area contributed by atoms with E-state index in [0.717, 1.165) is 23.5 Å². The van der Waals surface area contributed by atoms with Gasteiger partial charge in [0.25, 0.3) is 0 Å². The molecule has 6 nitrogen and oxygen atoms in total. The van der Waals surface area contributed by atoms with Crippen molar-refractivity contribution in [2.75, 3.05) is 38.7 Å². The van der Waals surface area contributed by atoms with E-state index < -0.39 is 0 Å². The van der Waals surface area contributed by atoms with Crippen molar-refractivity contribution in [3.05, 3.63) is 60.2 Å². The van der Waals surface area contributed by atoms with E-state index in [1.807, 2.05) is 49.5 Å². The highest BCUT2D eigenvalue weighted by atomic mass is 16.5. The van der Waals surface area contributed by atoms with Crippen molar-refractivity contribution in [3.63, 3.8) is 0 Å². The van der Waals surface area contributed by atoms with Gasteiger partial charge in [0.05, 0.1) is 19.1 Å². The second-order valence-electron chi connectivity index (χ2n) is 6.43. The summed E-state index contributed by atoms with van der Waals surface area (Å²) in [4.78, 5) is 14.8. The molecule has 3 rings (SSSR count). The zero-order valence-electron chi connectivity index (χ0n) is 15.2. The average molecular weight is 354 g/mol. The molecule has 2 unspecified atom stereocenters. The van der Waals surface area contributed by atoms with Crippen LogP contribution >= 0.6 is 0 Å². The monoisotopic (exact) mass is 354 g/mol. The summed E-state index contributed by atoms with van der Waals surface area (Å²) in [6, 6.07) is 17.9. The molecule has 6 heteroatoms. The number of anilines is 1. The molecule has 1 aliphatic heterocycles. The van der Waals surface area contributed by atoms with Crippen molar-refractivity contribution in [2.24, 2.45) is 5.92 Å². The summed E-state index contributed by atoms with van der Waals surface area (Å²) in [7, 11) is 3.67. The van der Waals surface area contributed by atoms with Crippen LogP contribution in [0, 0.1) is 5.92 Å². The van der Waals surface area contributed by atoms with Crippen LogP contribution in [0.15, 0.2) is 54.6 Å². The SMILES string of the molecule is COc1cccc(C2NNCC2C(=O)NCCN(C)c2ccccc2)c1. The summed E-state index contributed by atoms with van der Waals surface area (Å²) < 4.78 is 5.29. The van der Waals surface area contributed by atoms with Crippen LogP contribution < -0.4 is 25.8 Å². The van der Waals surface area contributed by atoms with Crippen molar-refractivity contribution in [2.45, 2.75) is 6.04 Å². The number of para-hydroxylation sites is 1. The van der Waals surface area contributed by atoms with E-state index in [4.69, 9.17) is 4.74 Å². The average Bonchev–Trinajstić information content (AvgIpc) is 3.18. The van der Waals surface area contributed by atoms with Gasteiger partial charge in [0.15, 0.2) is 0 Å². The molecular formula is C20H26N4O2. The van der Waals surface area contributed by atoms with Crippen molar-refractivity contribution < 1.29 is 9.53 Å². The minimum absolute atomic E-state index is 0.0526. The largest absolute Gasteiger partial charge is 0.497 e. The Balaban J connectivity index is 1.55. The topological polar surface area (TPSA) is 65.6 Å². The van der Waals surface area contributed by atoms with Gasteiger partial charge >= 0.3 is 0 Å². The maximum Gasteiger partial charge on any atom is 0.226 e. The van der Waals surface area contributed by atoms with Gasteiger partial charge in [-0.05, 0) is 29.8 Å². The fourth-order valence-electron chi connectivity index (χ4n) is 3.18. The van der Waals surface area contributed by atoms with Gasteiger partial charge in [0.2, 0.25) is 5.91 Å². The van der Waals surface area contributed by atoms with E-state index in [0.29, 0.717) is 13.1 Å². The number of hydrogen-bond acceptors (Lipinski definition) is 5. The van der Waals surface area contributed by atoms with E-state index in [9.17, 15) is 4.79 Å². The summed E-state index contributed by atoms with van der Waals surface area (Å²) in [6.45, 7) is 1.96. The van der Waals surface area contributed by atoms with Crippen LogP contribution in [0.25, 0.3) is 0 Å². The molecule has 1 amide bonds. The molecule has 2 atom stereocenters. The standard InChI is InChI=1S/C20H26N4O2/c1-24(16-8-4-3-5-9-16)12-11-21-20(25)18-14-22-23-19(18)15-7-6-10-17(13-15)26-2/h3-10,13,18-19,22-23H,11-12,14H2,1-2H3,(H,21,25). The molecule has 1 heterocycles. The number of benzene rings is 2. The molecule has 0 saturated carbocycles. The van der Waals surface area contributed by atoms with Crippen LogP contribution in [0.4, 0.5) is 5.69 Å². The Hall–Kier alpha value is -2.57. The molecule has 0 aliphatic carbocycles. The second-order valence-corrected chi connectivity index (χ2v) is 6.43. The zero-order valence-corrected chi connectivity index (χ0v) is 15.2. The number of hydrogen-bond donors (Lipinski definition) is 3. The van der Waals surface area contributed by atoms with Crippen LogP contribution in [0.5, 0.6) is 5.75 Å². The molecule has 2 aromatic carbocycles. The van der Waals surface area contributed by atoms with Gasteiger partial charge in [-0.3, -0.25) is 10.2 Å². The predicted molar refractivity (Wildman–Crippen MR) is 103 cm³/mol. The molecule has 1 aliphatic rings. The minimum Gasteiger partial charge on any atom is -0.497 e. The van der Waals surface area contributed by atoms with Gasteiger partial charge in [-0.15, -0.1) is 0 Å².